The van der Waals surface area contributed by atoms with Gasteiger partial charge in [-0.3, -0.25) is 9.78 Å². The summed E-state index contributed by atoms with van der Waals surface area (Å²) in [6.07, 6.45) is 4.41. The van der Waals surface area contributed by atoms with Crippen LogP contribution in [0.2, 0.25) is 0 Å². The zero-order valence-corrected chi connectivity index (χ0v) is 9.73. The van der Waals surface area contributed by atoms with Gasteiger partial charge in [0.2, 0.25) is 0 Å². The average molecular weight is 222 g/mol. The van der Waals surface area contributed by atoms with E-state index < -0.39 is 11.4 Å². The summed E-state index contributed by atoms with van der Waals surface area (Å²) in [7, 11) is 0. The van der Waals surface area contributed by atoms with Crippen molar-refractivity contribution in [2.24, 2.45) is 11.1 Å². The molecule has 0 aromatic carbocycles. The number of carboxylic acids is 1. The van der Waals surface area contributed by atoms with Gasteiger partial charge in [0, 0.05) is 18.9 Å². The summed E-state index contributed by atoms with van der Waals surface area (Å²) < 4.78 is 0. The highest BCUT2D eigenvalue weighted by Crippen LogP contribution is 2.26. The molecule has 1 aromatic rings. The number of pyridine rings is 1. The molecular weight excluding hydrogens is 204 g/mol. The van der Waals surface area contributed by atoms with E-state index >= 15 is 0 Å². The highest BCUT2D eigenvalue weighted by Gasteiger charge is 2.35. The van der Waals surface area contributed by atoms with Gasteiger partial charge in [-0.25, -0.2) is 0 Å². The summed E-state index contributed by atoms with van der Waals surface area (Å²) in [6.45, 7) is 3.93. The lowest BCUT2D eigenvalue weighted by Crippen LogP contribution is -2.40. The van der Waals surface area contributed by atoms with Gasteiger partial charge in [-0.15, -0.1) is 0 Å². The van der Waals surface area contributed by atoms with Crippen LogP contribution >= 0.6 is 0 Å². The zero-order valence-electron chi connectivity index (χ0n) is 9.73. The molecule has 1 unspecified atom stereocenters. The first-order valence-electron chi connectivity index (χ1n) is 5.38. The van der Waals surface area contributed by atoms with Crippen molar-refractivity contribution in [2.45, 2.75) is 26.7 Å². The third-order valence-corrected chi connectivity index (χ3v) is 3.00. The van der Waals surface area contributed by atoms with Crippen LogP contribution in [0.4, 0.5) is 0 Å². The lowest BCUT2D eigenvalue weighted by atomic mass is 9.79. The SMILES string of the molecule is CCC(CN)(Cc1cncc(C)c1)C(=O)O. The number of hydrogen-bond donors (Lipinski definition) is 2. The van der Waals surface area contributed by atoms with E-state index in [1.165, 1.54) is 0 Å². The first-order chi connectivity index (χ1) is 7.54. The minimum Gasteiger partial charge on any atom is -0.481 e. The van der Waals surface area contributed by atoms with Gasteiger partial charge in [0.05, 0.1) is 5.41 Å². The minimum atomic E-state index is -0.866. The van der Waals surface area contributed by atoms with Gasteiger partial charge in [-0.05, 0) is 30.9 Å². The highest BCUT2D eigenvalue weighted by molar-refractivity contribution is 5.75. The van der Waals surface area contributed by atoms with Gasteiger partial charge in [-0.2, -0.15) is 0 Å². The highest BCUT2D eigenvalue weighted by atomic mass is 16.4. The molecule has 0 amide bonds. The number of carboxylic acid groups (broad SMARTS) is 1. The average Bonchev–Trinajstić information content (AvgIpc) is 2.25. The van der Waals surface area contributed by atoms with Crippen LogP contribution in [0, 0.1) is 12.3 Å². The molecule has 1 heterocycles. The van der Waals surface area contributed by atoms with Crippen LogP contribution in [0.15, 0.2) is 18.5 Å². The van der Waals surface area contributed by atoms with Crippen LogP contribution < -0.4 is 5.73 Å². The maximum absolute atomic E-state index is 11.3. The van der Waals surface area contributed by atoms with E-state index in [4.69, 9.17) is 5.73 Å². The van der Waals surface area contributed by atoms with E-state index in [2.05, 4.69) is 4.98 Å². The summed E-state index contributed by atoms with van der Waals surface area (Å²) in [6, 6.07) is 1.95. The van der Waals surface area contributed by atoms with Crippen LogP contribution in [0.3, 0.4) is 0 Å². The Kier molecular flexibility index (Phi) is 4.01. The van der Waals surface area contributed by atoms with E-state index in [1.807, 2.05) is 19.9 Å². The normalized spacial score (nSPS) is 14.4. The lowest BCUT2D eigenvalue weighted by Gasteiger charge is -2.26. The second-order valence-corrected chi connectivity index (χ2v) is 4.19. The first-order valence-corrected chi connectivity index (χ1v) is 5.38. The molecule has 4 nitrogen and oxygen atoms in total. The molecule has 1 rings (SSSR count). The van der Waals surface area contributed by atoms with Crippen molar-refractivity contribution in [1.82, 2.24) is 4.98 Å². The van der Waals surface area contributed by atoms with Gasteiger partial charge in [0.25, 0.3) is 0 Å². The Hall–Kier alpha value is -1.42. The third kappa shape index (κ3) is 2.58. The number of rotatable bonds is 5. The van der Waals surface area contributed by atoms with E-state index in [-0.39, 0.29) is 6.54 Å². The van der Waals surface area contributed by atoms with E-state index in [0.717, 1.165) is 11.1 Å². The molecule has 3 N–H and O–H groups in total. The summed E-state index contributed by atoms with van der Waals surface area (Å²) in [5, 5.41) is 9.25. The maximum atomic E-state index is 11.3. The van der Waals surface area contributed by atoms with Crippen LogP contribution in [-0.4, -0.2) is 22.6 Å². The quantitative estimate of drug-likeness (QED) is 0.789. The number of nitrogens with zero attached hydrogens (tertiary/aromatic N) is 1. The number of aryl methyl sites for hydroxylation is 1. The summed E-state index contributed by atoms with van der Waals surface area (Å²) in [5.41, 5.74) is 6.70. The second-order valence-electron chi connectivity index (χ2n) is 4.19. The largest absolute Gasteiger partial charge is 0.481 e. The topological polar surface area (TPSA) is 76.2 Å². The van der Waals surface area contributed by atoms with Gasteiger partial charge < -0.3 is 10.8 Å². The van der Waals surface area contributed by atoms with E-state index in [9.17, 15) is 9.90 Å². The molecule has 0 saturated heterocycles. The fourth-order valence-electron chi connectivity index (χ4n) is 1.76. The number of nitrogens with two attached hydrogens (primary N) is 1. The summed E-state index contributed by atoms with van der Waals surface area (Å²) >= 11 is 0. The van der Waals surface area contributed by atoms with Crippen LogP contribution in [-0.2, 0) is 11.2 Å². The molecule has 0 aliphatic carbocycles. The van der Waals surface area contributed by atoms with Crippen molar-refractivity contribution in [3.8, 4) is 0 Å². The zero-order chi connectivity index (χ0) is 12.2. The Balaban J connectivity index is 2.96. The molecule has 16 heavy (non-hydrogen) atoms. The molecule has 0 fully saturated rings. The van der Waals surface area contributed by atoms with E-state index in [1.54, 1.807) is 12.4 Å². The maximum Gasteiger partial charge on any atom is 0.311 e. The molecular formula is C12H18N2O2. The molecule has 0 aliphatic heterocycles. The van der Waals surface area contributed by atoms with Crippen LogP contribution in [0.1, 0.15) is 24.5 Å². The Morgan fingerprint density at radius 1 is 1.56 bits per heavy atom. The number of carbonyl (C=O) groups is 1. The van der Waals surface area contributed by atoms with Gasteiger partial charge in [0.1, 0.15) is 0 Å². The second kappa shape index (κ2) is 5.07. The minimum absolute atomic E-state index is 0.146. The Labute approximate surface area is 95.5 Å². The lowest BCUT2D eigenvalue weighted by molar-refractivity contribution is -0.148. The first kappa shape index (κ1) is 12.6. The Bertz CT molecular complexity index is 373. The molecule has 0 saturated carbocycles. The monoisotopic (exact) mass is 222 g/mol. The van der Waals surface area contributed by atoms with Crippen molar-refractivity contribution in [2.75, 3.05) is 6.54 Å². The number of aromatic nitrogens is 1. The molecule has 0 radical (unpaired) electrons. The predicted octanol–water partition coefficient (Wildman–Crippen LogP) is 1.37. The Morgan fingerprint density at radius 2 is 2.25 bits per heavy atom. The molecule has 1 atom stereocenters. The van der Waals surface area contributed by atoms with Gasteiger partial charge in [0.15, 0.2) is 0 Å². The van der Waals surface area contributed by atoms with Crippen LogP contribution in [0.5, 0.6) is 0 Å². The molecule has 88 valence electrons. The summed E-state index contributed by atoms with van der Waals surface area (Å²) in [5.74, 6) is -0.834. The molecule has 4 heteroatoms. The predicted molar refractivity (Wildman–Crippen MR) is 62.1 cm³/mol. The van der Waals surface area contributed by atoms with Gasteiger partial charge in [-0.1, -0.05) is 13.0 Å². The fourth-order valence-corrected chi connectivity index (χ4v) is 1.76. The fraction of sp³-hybridized carbons (Fsp3) is 0.500. The van der Waals surface area contributed by atoms with Crippen molar-refractivity contribution in [3.63, 3.8) is 0 Å². The van der Waals surface area contributed by atoms with Crippen molar-refractivity contribution >= 4 is 5.97 Å². The van der Waals surface area contributed by atoms with E-state index in [0.29, 0.717) is 12.8 Å². The molecule has 1 aromatic heterocycles. The molecule has 0 bridgehead atoms. The third-order valence-electron chi connectivity index (χ3n) is 3.00. The van der Waals surface area contributed by atoms with Crippen molar-refractivity contribution in [1.29, 1.82) is 0 Å². The summed E-state index contributed by atoms with van der Waals surface area (Å²) in [4.78, 5) is 15.3. The number of aliphatic carboxylic acids is 1. The molecule has 0 spiro atoms. The smallest absolute Gasteiger partial charge is 0.311 e. The molecule has 0 aliphatic rings. The van der Waals surface area contributed by atoms with Gasteiger partial charge >= 0.3 is 5.97 Å². The van der Waals surface area contributed by atoms with Crippen LogP contribution in [0.25, 0.3) is 0 Å². The Morgan fingerprint density at radius 3 is 2.69 bits per heavy atom. The van der Waals surface area contributed by atoms with Crippen molar-refractivity contribution < 1.29 is 9.90 Å². The standard InChI is InChI=1S/C12H18N2O2/c1-3-12(8-13,11(15)16)5-10-4-9(2)6-14-7-10/h4,6-7H,3,5,8,13H2,1-2H3,(H,15,16). The number of hydrogen-bond acceptors (Lipinski definition) is 3. The van der Waals surface area contributed by atoms with Crippen molar-refractivity contribution in [3.05, 3.63) is 29.6 Å².